The summed E-state index contributed by atoms with van der Waals surface area (Å²) in [6, 6.07) is 10.8. The summed E-state index contributed by atoms with van der Waals surface area (Å²) in [6.07, 6.45) is 0. The highest BCUT2D eigenvalue weighted by Gasteiger charge is 2.13. The van der Waals surface area contributed by atoms with Crippen LogP contribution in [0, 0.1) is 0 Å². The van der Waals surface area contributed by atoms with Gasteiger partial charge in [0, 0.05) is 18.0 Å². The summed E-state index contributed by atoms with van der Waals surface area (Å²) >= 11 is 1.54. The van der Waals surface area contributed by atoms with Crippen molar-refractivity contribution in [3.05, 3.63) is 52.2 Å². The number of hydrogen-bond donors (Lipinski definition) is 2. The number of sulfonamides is 1. The topological polar surface area (TPSA) is 58.2 Å². The van der Waals surface area contributed by atoms with E-state index in [1.54, 1.807) is 12.1 Å². The Morgan fingerprint density at radius 2 is 1.85 bits per heavy atom. The van der Waals surface area contributed by atoms with Gasteiger partial charge in [0.15, 0.2) is 0 Å². The summed E-state index contributed by atoms with van der Waals surface area (Å²) in [7, 11) is -3.44. The van der Waals surface area contributed by atoms with Crippen LogP contribution in [0.4, 0.5) is 0 Å². The lowest BCUT2D eigenvalue weighted by Crippen LogP contribution is -2.22. The summed E-state index contributed by atoms with van der Waals surface area (Å²) in [5.74, 6) is 0. The minimum Gasteiger partial charge on any atom is -0.313 e. The van der Waals surface area contributed by atoms with Crippen molar-refractivity contribution < 1.29 is 8.42 Å². The summed E-state index contributed by atoms with van der Waals surface area (Å²) in [5, 5.41) is 5.13. The molecule has 0 fully saturated rings. The van der Waals surface area contributed by atoms with Crippen LogP contribution < -0.4 is 10.0 Å². The number of nitrogens with one attached hydrogen (secondary N) is 2. The first-order chi connectivity index (χ1) is 9.62. The third kappa shape index (κ3) is 4.14. The lowest BCUT2D eigenvalue weighted by atomic mass is 10.2. The van der Waals surface area contributed by atoms with Gasteiger partial charge in [-0.2, -0.15) is 0 Å². The zero-order chi connectivity index (χ0) is 14.4. The SMILES string of the molecule is CCNCc1ccc(S(=O)(=O)NCc2cccs2)cc1. The minimum atomic E-state index is -3.44. The molecular formula is C14H18N2O2S2. The largest absolute Gasteiger partial charge is 0.313 e. The Hall–Kier alpha value is -1.21. The predicted octanol–water partition coefficient (Wildman–Crippen LogP) is 2.34. The predicted molar refractivity (Wildman–Crippen MR) is 82.2 cm³/mol. The molecule has 0 aliphatic carbocycles. The van der Waals surface area contributed by atoms with Gasteiger partial charge in [0.2, 0.25) is 10.0 Å². The third-order valence-corrected chi connectivity index (χ3v) is 5.12. The normalized spacial score (nSPS) is 11.7. The molecule has 0 aliphatic rings. The van der Waals surface area contributed by atoms with E-state index in [0.717, 1.165) is 23.5 Å². The third-order valence-electron chi connectivity index (χ3n) is 2.83. The average Bonchev–Trinajstić information content (AvgIpc) is 2.97. The Bertz CT molecular complexity index is 620. The molecule has 1 aromatic heterocycles. The van der Waals surface area contributed by atoms with Crippen LogP contribution in [-0.4, -0.2) is 15.0 Å². The first-order valence-electron chi connectivity index (χ1n) is 6.43. The van der Waals surface area contributed by atoms with E-state index in [1.807, 2.05) is 36.6 Å². The smallest absolute Gasteiger partial charge is 0.240 e. The Morgan fingerprint density at radius 1 is 1.10 bits per heavy atom. The molecule has 2 rings (SSSR count). The Labute approximate surface area is 123 Å². The standard InChI is InChI=1S/C14H18N2O2S2/c1-2-15-10-12-5-7-14(8-6-12)20(17,18)16-11-13-4-3-9-19-13/h3-9,15-16H,2,10-11H2,1H3. The van der Waals surface area contributed by atoms with Crippen LogP contribution in [0.5, 0.6) is 0 Å². The van der Waals surface area contributed by atoms with E-state index in [4.69, 9.17) is 0 Å². The lowest BCUT2D eigenvalue weighted by Gasteiger charge is -2.07. The molecule has 6 heteroatoms. The maximum atomic E-state index is 12.1. The van der Waals surface area contributed by atoms with Gasteiger partial charge in [-0.3, -0.25) is 0 Å². The first kappa shape index (κ1) is 15.2. The van der Waals surface area contributed by atoms with Gasteiger partial charge < -0.3 is 5.32 Å². The van der Waals surface area contributed by atoms with E-state index in [9.17, 15) is 8.42 Å². The number of thiophene rings is 1. The van der Waals surface area contributed by atoms with Crippen molar-refractivity contribution in [3.8, 4) is 0 Å². The molecule has 1 heterocycles. The van der Waals surface area contributed by atoms with E-state index >= 15 is 0 Å². The molecule has 0 amide bonds. The molecule has 0 unspecified atom stereocenters. The van der Waals surface area contributed by atoms with Gasteiger partial charge in [-0.15, -0.1) is 11.3 Å². The highest BCUT2D eigenvalue weighted by molar-refractivity contribution is 7.89. The lowest BCUT2D eigenvalue weighted by molar-refractivity contribution is 0.581. The van der Waals surface area contributed by atoms with Crippen molar-refractivity contribution >= 4 is 21.4 Å². The van der Waals surface area contributed by atoms with E-state index < -0.39 is 10.0 Å². The van der Waals surface area contributed by atoms with Crippen LogP contribution in [0.2, 0.25) is 0 Å². The second-order valence-corrected chi connectivity index (χ2v) is 7.13. The molecule has 2 N–H and O–H groups in total. The molecule has 2 aromatic rings. The van der Waals surface area contributed by atoms with Gasteiger partial charge in [-0.05, 0) is 35.7 Å². The van der Waals surface area contributed by atoms with Crippen molar-refractivity contribution in [2.75, 3.05) is 6.54 Å². The Morgan fingerprint density at radius 3 is 2.45 bits per heavy atom. The summed E-state index contributed by atoms with van der Waals surface area (Å²) in [5.41, 5.74) is 1.07. The van der Waals surface area contributed by atoms with Crippen LogP contribution in [0.1, 0.15) is 17.4 Å². The average molecular weight is 310 g/mol. The molecule has 0 bridgehead atoms. The van der Waals surface area contributed by atoms with Gasteiger partial charge in [-0.1, -0.05) is 25.1 Å². The number of benzene rings is 1. The minimum absolute atomic E-state index is 0.300. The molecule has 1 aromatic carbocycles. The highest BCUT2D eigenvalue weighted by atomic mass is 32.2. The van der Waals surface area contributed by atoms with E-state index in [-0.39, 0.29) is 0 Å². The zero-order valence-electron chi connectivity index (χ0n) is 11.3. The second kappa shape index (κ2) is 6.99. The van der Waals surface area contributed by atoms with Crippen LogP contribution in [0.25, 0.3) is 0 Å². The molecule has 0 aliphatic heterocycles. The monoisotopic (exact) mass is 310 g/mol. The van der Waals surface area contributed by atoms with Crippen LogP contribution in [0.15, 0.2) is 46.7 Å². The van der Waals surface area contributed by atoms with Crippen molar-refractivity contribution in [1.82, 2.24) is 10.0 Å². The maximum Gasteiger partial charge on any atom is 0.240 e. The molecule has 0 atom stereocenters. The molecule has 4 nitrogen and oxygen atoms in total. The van der Waals surface area contributed by atoms with Crippen molar-refractivity contribution in [2.45, 2.75) is 24.9 Å². The van der Waals surface area contributed by atoms with Crippen molar-refractivity contribution in [2.24, 2.45) is 0 Å². The summed E-state index contributed by atoms with van der Waals surface area (Å²) in [6.45, 7) is 4.01. The number of rotatable bonds is 7. The van der Waals surface area contributed by atoms with Gasteiger partial charge >= 0.3 is 0 Å². The maximum absolute atomic E-state index is 12.1. The molecule has 0 radical (unpaired) electrons. The Kier molecular flexibility index (Phi) is 5.31. The van der Waals surface area contributed by atoms with Crippen LogP contribution in [0.3, 0.4) is 0 Å². The van der Waals surface area contributed by atoms with Gasteiger partial charge in [0.1, 0.15) is 0 Å². The number of hydrogen-bond acceptors (Lipinski definition) is 4. The molecule has 0 spiro atoms. The van der Waals surface area contributed by atoms with Gasteiger partial charge in [-0.25, -0.2) is 13.1 Å². The van der Waals surface area contributed by atoms with E-state index in [1.165, 1.54) is 11.3 Å². The fraction of sp³-hybridized carbons (Fsp3) is 0.286. The Balaban J connectivity index is 2.01. The van der Waals surface area contributed by atoms with Crippen LogP contribution >= 0.6 is 11.3 Å². The fourth-order valence-electron chi connectivity index (χ4n) is 1.72. The molecule has 0 saturated carbocycles. The van der Waals surface area contributed by atoms with E-state index in [2.05, 4.69) is 10.0 Å². The van der Waals surface area contributed by atoms with Crippen molar-refractivity contribution in [3.63, 3.8) is 0 Å². The second-order valence-electron chi connectivity index (χ2n) is 4.33. The summed E-state index contributed by atoms with van der Waals surface area (Å²) < 4.78 is 26.9. The summed E-state index contributed by atoms with van der Waals surface area (Å²) in [4.78, 5) is 1.30. The quantitative estimate of drug-likeness (QED) is 0.825. The molecule has 20 heavy (non-hydrogen) atoms. The molecular weight excluding hydrogens is 292 g/mol. The molecule has 108 valence electrons. The highest BCUT2D eigenvalue weighted by Crippen LogP contribution is 2.13. The first-order valence-corrected chi connectivity index (χ1v) is 8.80. The fourth-order valence-corrected chi connectivity index (χ4v) is 3.46. The molecule has 0 saturated heterocycles. The van der Waals surface area contributed by atoms with E-state index in [0.29, 0.717) is 11.4 Å². The zero-order valence-corrected chi connectivity index (χ0v) is 12.9. The van der Waals surface area contributed by atoms with Crippen LogP contribution in [-0.2, 0) is 23.1 Å². The van der Waals surface area contributed by atoms with Gasteiger partial charge in [0.25, 0.3) is 0 Å². The van der Waals surface area contributed by atoms with Crippen molar-refractivity contribution in [1.29, 1.82) is 0 Å². The van der Waals surface area contributed by atoms with Gasteiger partial charge in [0.05, 0.1) is 4.90 Å².